The first-order chi connectivity index (χ1) is 8.27. The van der Waals surface area contributed by atoms with Crippen molar-refractivity contribution in [2.75, 3.05) is 0 Å². The molecule has 98 valence electrons. The van der Waals surface area contributed by atoms with E-state index in [1.54, 1.807) is 0 Å². The third kappa shape index (κ3) is 2.85. The zero-order valence-electron chi connectivity index (χ0n) is 11.0. The Kier molecular flexibility index (Phi) is 3.45. The predicted molar refractivity (Wildman–Crippen MR) is 69.9 cm³/mol. The Bertz CT molecular complexity index is 256. The highest BCUT2D eigenvalue weighted by Gasteiger charge is 2.41. The maximum Gasteiger partial charge on any atom is 0.0687 e. The van der Waals surface area contributed by atoms with Crippen LogP contribution in [0.3, 0.4) is 0 Å². The number of nitrogens with two attached hydrogens (primary N) is 1. The second-order valence-electron chi connectivity index (χ2n) is 6.60. The number of hydrogen-bond acceptors (Lipinski definition) is 2. The second kappa shape index (κ2) is 4.89. The minimum atomic E-state index is 0.323. The molecule has 1 spiro atoms. The Morgan fingerprint density at radius 2 is 1.88 bits per heavy atom. The fourth-order valence-corrected chi connectivity index (χ4v) is 3.83. The summed E-state index contributed by atoms with van der Waals surface area (Å²) in [5.41, 5.74) is 6.46. The molecule has 3 fully saturated rings. The lowest BCUT2D eigenvalue weighted by Gasteiger charge is -2.24. The molecule has 1 heterocycles. The molecule has 3 aliphatic rings. The van der Waals surface area contributed by atoms with Crippen LogP contribution in [0, 0.1) is 5.92 Å². The molecule has 1 aliphatic heterocycles. The van der Waals surface area contributed by atoms with Crippen molar-refractivity contribution < 1.29 is 4.74 Å². The fraction of sp³-hybridized carbons (Fsp3) is 1.00. The molecule has 2 heteroatoms. The van der Waals surface area contributed by atoms with Gasteiger partial charge in [0.15, 0.2) is 0 Å². The predicted octanol–water partition coefficient (Wildman–Crippen LogP) is 3.39. The topological polar surface area (TPSA) is 35.2 Å². The van der Waals surface area contributed by atoms with Crippen LogP contribution in [0.5, 0.6) is 0 Å². The molecule has 2 unspecified atom stereocenters. The summed E-state index contributed by atoms with van der Waals surface area (Å²) >= 11 is 0. The van der Waals surface area contributed by atoms with Crippen LogP contribution in [0.2, 0.25) is 0 Å². The highest BCUT2D eigenvalue weighted by atomic mass is 16.5. The van der Waals surface area contributed by atoms with Gasteiger partial charge < -0.3 is 10.5 Å². The van der Waals surface area contributed by atoms with Crippen molar-refractivity contribution in [3.8, 4) is 0 Å². The summed E-state index contributed by atoms with van der Waals surface area (Å²) in [4.78, 5) is 0. The monoisotopic (exact) mass is 237 g/mol. The zero-order chi connectivity index (χ0) is 11.7. The first-order valence-corrected chi connectivity index (χ1v) is 7.71. The molecule has 0 bridgehead atoms. The van der Waals surface area contributed by atoms with Crippen LogP contribution < -0.4 is 5.73 Å². The molecule has 2 atom stereocenters. The van der Waals surface area contributed by atoms with Gasteiger partial charge in [-0.05, 0) is 63.7 Å². The van der Waals surface area contributed by atoms with Crippen LogP contribution in [0.15, 0.2) is 0 Å². The average Bonchev–Trinajstić information content (AvgIpc) is 2.98. The summed E-state index contributed by atoms with van der Waals surface area (Å²) in [6.07, 6.45) is 15.1. The Labute approximate surface area is 105 Å². The zero-order valence-corrected chi connectivity index (χ0v) is 11.0. The summed E-state index contributed by atoms with van der Waals surface area (Å²) in [5.74, 6) is 0.862. The van der Waals surface area contributed by atoms with E-state index in [-0.39, 0.29) is 0 Å². The SMILES string of the molecule is NC(CCCC1CCC2(CCCC2)O1)C1CC1. The third-order valence-corrected chi connectivity index (χ3v) is 5.14. The van der Waals surface area contributed by atoms with E-state index in [2.05, 4.69) is 0 Å². The molecule has 0 amide bonds. The third-order valence-electron chi connectivity index (χ3n) is 5.14. The van der Waals surface area contributed by atoms with Crippen LogP contribution in [-0.2, 0) is 4.74 Å². The van der Waals surface area contributed by atoms with Crippen LogP contribution in [0.4, 0.5) is 0 Å². The molecule has 2 aliphatic carbocycles. The highest BCUT2D eigenvalue weighted by molar-refractivity contribution is 4.93. The highest BCUT2D eigenvalue weighted by Crippen LogP contribution is 2.44. The molecule has 17 heavy (non-hydrogen) atoms. The van der Waals surface area contributed by atoms with Crippen molar-refractivity contribution >= 4 is 0 Å². The Hall–Kier alpha value is -0.0800. The Morgan fingerprint density at radius 3 is 2.59 bits per heavy atom. The van der Waals surface area contributed by atoms with Crippen molar-refractivity contribution in [3.63, 3.8) is 0 Å². The number of hydrogen-bond donors (Lipinski definition) is 1. The average molecular weight is 237 g/mol. The lowest BCUT2D eigenvalue weighted by atomic mass is 9.97. The molecule has 3 rings (SSSR count). The lowest BCUT2D eigenvalue weighted by molar-refractivity contribution is -0.0396. The Morgan fingerprint density at radius 1 is 1.12 bits per heavy atom. The first-order valence-electron chi connectivity index (χ1n) is 7.71. The molecule has 0 aromatic rings. The van der Waals surface area contributed by atoms with Gasteiger partial charge in [-0.25, -0.2) is 0 Å². The number of rotatable bonds is 5. The van der Waals surface area contributed by atoms with Crippen molar-refractivity contribution in [1.29, 1.82) is 0 Å². The van der Waals surface area contributed by atoms with Crippen LogP contribution in [-0.4, -0.2) is 17.7 Å². The van der Waals surface area contributed by atoms with Crippen LogP contribution in [0.25, 0.3) is 0 Å². The van der Waals surface area contributed by atoms with Gasteiger partial charge in [0, 0.05) is 6.04 Å². The normalized spacial score (nSPS) is 33.4. The van der Waals surface area contributed by atoms with E-state index in [9.17, 15) is 0 Å². The van der Waals surface area contributed by atoms with Crippen molar-refractivity contribution in [2.45, 2.75) is 88.4 Å². The fourth-order valence-electron chi connectivity index (χ4n) is 3.83. The minimum absolute atomic E-state index is 0.323. The van der Waals surface area contributed by atoms with E-state index in [0.29, 0.717) is 17.7 Å². The van der Waals surface area contributed by atoms with E-state index >= 15 is 0 Å². The van der Waals surface area contributed by atoms with Gasteiger partial charge >= 0.3 is 0 Å². The summed E-state index contributed by atoms with van der Waals surface area (Å²) < 4.78 is 6.33. The Balaban J connectivity index is 1.35. The lowest BCUT2D eigenvalue weighted by Crippen LogP contribution is -2.25. The standard InChI is InChI=1S/C15H27NO/c16-14(12-6-7-12)5-3-4-13-8-11-15(17-13)9-1-2-10-15/h12-14H,1-11,16H2. The van der Waals surface area contributed by atoms with Gasteiger partial charge in [0.1, 0.15) is 0 Å². The van der Waals surface area contributed by atoms with Crippen molar-refractivity contribution in [1.82, 2.24) is 0 Å². The van der Waals surface area contributed by atoms with Crippen LogP contribution in [0.1, 0.15) is 70.6 Å². The summed E-state index contributed by atoms with van der Waals surface area (Å²) in [7, 11) is 0. The van der Waals surface area contributed by atoms with E-state index in [4.69, 9.17) is 10.5 Å². The smallest absolute Gasteiger partial charge is 0.0687 e. The molecular weight excluding hydrogens is 210 g/mol. The molecule has 0 aromatic heterocycles. The molecule has 1 saturated heterocycles. The summed E-state index contributed by atoms with van der Waals surface area (Å²) in [6.45, 7) is 0. The van der Waals surface area contributed by atoms with E-state index in [1.807, 2.05) is 0 Å². The molecule has 0 aromatic carbocycles. The summed E-state index contributed by atoms with van der Waals surface area (Å²) in [6, 6.07) is 0.483. The van der Waals surface area contributed by atoms with Gasteiger partial charge in [-0.3, -0.25) is 0 Å². The molecular formula is C15H27NO. The molecule has 0 radical (unpaired) electrons. The van der Waals surface area contributed by atoms with Crippen molar-refractivity contribution in [2.24, 2.45) is 11.7 Å². The molecule has 2 nitrogen and oxygen atoms in total. The molecule has 2 N–H and O–H groups in total. The van der Waals surface area contributed by atoms with E-state index in [0.717, 1.165) is 5.92 Å². The van der Waals surface area contributed by atoms with Crippen LogP contribution >= 0.6 is 0 Å². The second-order valence-corrected chi connectivity index (χ2v) is 6.60. The largest absolute Gasteiger partial charge is 0.372 e. The van der Waals surface area contributed by atoms with Gasteiger partial charge in [0.05, 0.1) is 11.7 Å². The van der Waals surface area contributed by atoms with Gasteiger partial charge in [0.2, 0.25) is 0 Å². The van der Waals surface area contributed by atoms with Crippen molar-refractivity contribution in [3.05, 3.63) is 0 Å². The van der Waals surface area contributed by atoms with Gasteiger partial charge in [-0.1, -0.05) is 12.8 Å². The first kappa shape index (κ1) is 12.0. The molecule has 2 saturated carbocycles. The number of ether oxygens (including phenoxy) is 1. The maximum absolute atomic E-state index is 6.33. The quantitative estimate of drug-likeness (QED) is 0.795. The van der Waals surface area contributed by atoms with E-state index < -0.39 is 0 Å². The van der Waals surface area contributed by atoms with Gasteiger partial charge in [0.25, 0.3) is 0 Å². The van der Waals surface area contributed by atoms with E-state index in [1.165, 1.54) is 70.6 Å². The van der Waals surface area contributed by atoms with Gasteiger partial charge in [-0.2, -0.15) is 0 Å². The minimum Gasteiger partial charge on any atom is -0.372 e. The summed E-state index contributed by atoms with van der Waals surface area (Å²) in [5, 5.41) is 0. The van der Waals surface area contributed by atoms with Gasteiger partial charge in [-0.15, -0.1) is 0 Å². The maximum atomic E-state index is 6.33.